The van der Waals surface area contributed by atoms with Crippen LogP contribution in [0, 0.1) is 18.6 Å². The molecule has 0 aliphatic heterocycles. The van der Waals surface area contributed by atoms with E-state index in [1.165, 1.54) is 6.07 Å². The molecule has 1 heterocycles. The molecule has 0 saturated heterocycles. The van der Waals surface area contributed by atoms with Crippen molar-refractivity contribution in [2.75, 3.05) is 4.90 Å². The summed E-state index contributed by atoms with van der Waals surface area (Å²) in [4.78, 5) is 20.1. The van der Waals surface area contributed by atoms with E-state index in [0.717, 1.165) is 41.7 Å². The molecule has 2 atom stereocenters. The lowest BCUT2D eigenvalue weighted by Gasteiger charge is -2.30. The number of fused-ring (bicyclic) bond motifs is 1. The van der Waals surface area contributed by atoms with Gasteiger partial charge in [0.15, 0.2) is 11.6 Å². The molecule has 1 N–H and O–H groups in total. The lowest BCUT2D eigenvalue weighted by atomic mass is 9.87. The Kier molecular flexibility index (Phi) is 8.56. The van der Waals surface area contributed by atoms with Crippen LogP contribution in [-0.4, -0.2) is 23.9 Å². The molecule has 3 aromatic carbocycles. The molecule has 10 heteroatoms. The van der Waals surface area contributed by atoms with Gasteiger partial charge < -0.3 is 9.47 Å². The molecule has 1 aliphatic carbocycles. The van der Waals surface area contributed by atoms with E-state index in [1.807, 2.05) is 42.8 Å². The van der Waals surface area contributed by atoms with E-state index in [4.69, 9.17) is 0 Å². The highest BCUT2D eigenvalue weighted by Crippen LogP contribution is 2.35. The minimum absolute atomic E-state index is 0.0516. The van der Waals surface area contributed by atoms with Gasteiger partial charge in [-0.15, -0.1) is 0 Å². The fraction of sp³-hybridized carbons (Fsp3) is 0.312. The maximum Gasteiger partial charge on any atom is 0.241 e. The van der Waals surface area contributed by atoms with Crippen LogP contribution in [0.4, 0.5) is 14.5 Å². The smallest absolute Gasteiger partial charge is 0.241 e. The van der Waals surface area contributed by atoms with Gasteiger partial charge in [0.05, 0.1) is 11.4 Å². The van der Waals surface area contributed by atoms with Crippen LogP contribution in [0.25, 0.3) is 0 Å². The van der Waals surface area contributed by atoms with Crippen molar-refractivity contribution >= 4 is 21.6 Å². The molecule has 220 valence electrons. The number of aromatic nitrogens is 2. The Balaban J connectivity index is 1.46. The van der Waals surface area contributed by atoms with Crippen molar-refractivity contribution in [2.45, 2.75) is 62.9 Å². The molecular weight excluding hydrogens is 558 g/mol. The van der Waals surface area contributed by atoms with Crippen LogP contribution in [0.15, 0.2) is 78.0 Å². The first-order valence-electron chi connectivity index (χ1n) is 13.9. The van der Waals surface area contributed by atoms with Crippen LogP contribution in [0.2, 0.25) is 0 Å². The minimum atomic E-state index is -3.78. The number of halogens is 2. The third-order valence-corrected chi connectivity index (χ3v) is 9.34. The Labute approximate surface area is 245 Å². The summed E-state index contributed by atoms with van der Waals surface area (Å²) in [5.41, 5.74) is 3.85. The van der Waals surface area contributed by atoms with Gasteiger partial charge in [0.1, 0.15) is 5.82 Å². The van der Waals surface area contributed by atoms with Crippen LogP contribution in [0.3, 0.4) is 0 Å². The standard InChI is InChI=1S/C32H34F2N4O3S/c1-21-6-4-8-26(16-21)42(40,41)36-30-9-5-7-23-10-12-25(19-27(23)30)38(20-31-35-14-15-37(31)3)32(39)17-22(2)24-11-13-28(33)29(34)18-24/h4,6,8,10-16,18-19,22,30,36H,5,7,9,17,20H2,1-3H3/t22-,30+/m0/s1. The summed E-state index contributed by atoms with van der Waals surface area (Å²) in [5.74, 6) is -1.81. The van der Waals surface area contributed by atoms with Crippen molar-refractivity contribution in [1.82, 2.24) is 14.3 Å². The average molecular weight is 593 g/mol. The van der Waals surface area contributed by atoms with Crippen LogP contribution < -0.4 is 9.62 Å². The van der Waals surface area contributed by atoms with E-state index in [2.05, 4.69) is 9.71 Å². The highest BCUT2D eigenvalue weighted by Gasteiger charge is 2.28. The summed E-state index contributed by atoms with van der Waals surface area (Å²) in [6.45, 7) is 3.83. The van der Waals surface area contributed by atoms with Crippen molar-refractivity contribution in [2.24, 2.45) is 7.05 Å². The number of hydrogen-bond acceptors (Lipinski definition) is 4. The fourth-order valence-corrected chi connectivity index (χ4v) is 6.79. The molecule has 1 aliphatic rings. The van der Waals surface area contributed by atoms with Crippen molar-refractivity contribution in [3.8, 4) is 0 Å². The van der Waals surface area contributed by atoms with Gasteiger partial charge in [-0.25, -0.2) is 26.9 Å². The third-order valence-electron chi connectivity index (χ3n) is 7.87. The Morgan fingerprint density at radius 3 is 2.64 bits per heavy atom. The quantitative estimate of drug-likeness (QED) is 0.255. The SMILES string of the molecule is Cc1cccc(S(=O)(=O)N[C@@H]2CCCc3ccc(N(Cc4nccn4C)C(=O)C[C@H](C)c4ccc(F)c(F)c4)cc32)c1. The molecule has 0 bridgehead atoms. The summed E-state index contributed by atoms with van der Waals surface area (Å²) in [6, 6.07) is 15.7. The summed E-state index contributed by atoms with van der Waals surface area (Å²) < 4.78 is 58.7. The van der Waals surface area contributed by atoms with E-state index >= 15 is 0 Å². The third kappa shape index (κ3) is 6.44. The highest BCUT2D eigenvalue weighted by molar-refractivity contribution is 7.89. The van der Waals surface area contributed by atoms with Gasteiger partial charge in [0.25, 0.3) is 0 Å². The average Bonchev–Trinajstić information content (AvgIpc) is 3.37. The highest BCUT2D eigenvalue weighted by atomic mass is 32.2. The van der Waals surface area contributed by atoms with Gasteiger partial charge >= 0.3 is 0 Å². The summed E-state index contributed by atoms with van der Waals surface area (Å²) >= 11 is 0. The van der Waals surface area contributed by atoms with E-state index in [1.54, 1.807) is 42.4 Å². The van der Waals surface area contributed by atoms with Crippen LogP contribution in [-0.2, 0) is 34.8 Å². The Morgan fingerprint density at radius 2 is 1.93 bits per heavy atom. The Bertz CT molecular complexity index is 1720. The van der Waals surface area contributed by atoms with Gasteiger partial charge in [-0.1, -0.05) is 31.2 Å². The summed E-state index contributed by atoms with van der Waals surface area (Å²) in [7, 11) is -1.93. The zero-order valence-electron chi connectivity index (χ0n) is 23.8. The second-order valence-corrected chi connectivity index (χ2v) is 12.7. The number of anilines is 1. The number of amides is 1. The number of nitrogens with zero attached hydrogens (tertiary/aromatic N) is 3. The van der Waals surface area contributed by atoms with Crippen molar-refractivity contribution < 1.29 is 22.0 Å². The number of imidazole rings is 1. The zero-order valence-corrected chi connectivity index (χ0v) is 24.7. The van der Waals surface area contributed by atoms with Gasteiger partial charge in [0, 0.05) is 37.6 Å². The molecule has 4 aromatic rings. The predicted octanol–water partition coefficient (Wildman–Crippen LogP) is 6.09. The predicted molar refractivity (Wildman–Crippen MR) is 157 cm³/mol. The second-order valence-electron chi connectivity index (χ2n) is 11.0. The summed E-state index contributed by atoms with van der Waals surface area (Å²) in [5, 5.41) is 0. The zero-order chi connectivity index (χ0) is 30.0. The molecule has 0 spiro atoms. The number of carbonyl (C=O) groups excluding carboxylic acids is 1. The lowest BCUT2D eigenvalue weighted by Crippen LogP contribution is -2.34. The second kappa shape index (κ2) is 12.1. The topological polar surface area (TPSA) is 84.3 Å². The molecule has 1 amide bonds. The molecule has 5 rings (SSSR count). The van der Waals surface area contributed by atoms with Crippen LogP contribution in [0.5, 0.6) is 0 Å². The van der Waals surface area contributed by atoms with Crippen molar-refractivity contribution in [3.05, 3.63) is 113 Å². The first kappa shape index (κ1) is 29.6. The minimum Gasteiger partial charge on any atom is -0.337 e. The van der Waals surface area contributed by atoms with Gasteiger partial charge in [-0.3, -0.25) is 4.79 Å². The molecule has 0 radical (unpaired) electrons. The number of rotatable bonds is 9. The summed E-state index contributed by atoms with van der Waals surface area (Å²) in [6.07, 6.45) is 5.77. The van der Waals surface area contributed by atoms with Crippen LogP contribution in [0.1, 0.15) is 66.2 Å². The Morgan fingerprint density at radius 1 is 1.12 bits per heavy atom. The first-order valence-corrected chi connectivity index (χ1v) is 15.4. The molecule has 0 unspecified atom stereocenters. The maximum atomic E-state index is 13.9. The maximum absolute atomic E-state index is 13.9. The lowest BCUT2D eigenvalue weighted by molar-refractivity contribution is -0.119. The van der Waals surface area contributed by atoms with E-state index in [9.17, 15) is 22.0 Å². The number of benzene rings is 3. The number of aryl methyl sites for hydroxylation is 3. The van der Waals surface area contributed by atoms with E-state index in [-0.39, 0.29) is 29.7 Å². The first-order chi connectivity index (χ1) is 20.0. The molecular formula is C32H34F2N4O3S. The number of sulfonamides is 1. The molecule has 1 aromatic heterocycles. The number of hydrogen-bond donors (Lipinski definition) is 1. The monoisotopic (exact) mass is 592 g/mol. The fourth-order valence-electron chi connectivity index (χ4n) is 5.44. The largest absolute Gasteiger partial charge is 0.337 e. The Hall–Kier alpha value is -3.89. The van der Waals surface area contributed by atoms with Gasteiger partial charge in [-0.2, -0.15) is 0 Å². The van der Waals surface area contributed by atoms with Crippen LogP contribution >= 0.6 is 0 Å². The van der Waals surface area contributed by atoms with E-state index < -0.39 is 27.7 Å². The molecule has 0 fully saturated rings. The normalized spacial score (nSPS) is 15.7. The van der Waals surface area contributed by atoms with Crippen molar-refractivity contribution in [1.29, 1.82) is 0 Å². The number of carbonyl (C=O) groups is 1. The van der Waals surface area contributed by atoms with Gasteiger partial charge in [-0.05, 0) is 90.8 Å². The van der Waals surface area contributed by atoms with Gasteiger partial charge in [0.2, 0.25) is 15.9 Å². The van der Waals surface area contributed by atoms with Crippen molar-refractivity contribution in [3.63, 3.8) is 0 Å². The molecule has 42 heavy (non-hydrogen) atoms. The molecule has 0 saturated carbocycles. The number of nitrogens with one attached hydrogen (secondary N) is 1. The molecule has 7 nitrogen and oxygen atoms in total. The van der Waals surface area contributed by atoms with E-state index in [0.29, 0.717) is 23.5 Å².